The largest absolute Gasteiger partial charge is 0.493 e. The Balaban J connectivity index is 1.70. The average molecular weight is 450 g/mol. The smallest absolute Gasteiger partial charge is 0.325 e. The van der Waals surface area contributed by atoms with E-state index in [1.54, 1.807) is 25.1 Å². The van der Waals surface area contributed by atoms with Crippen LogP contribution in [0.2, 0.25) is 5.02 Å². The predicted octanol–water partition coefficient (Wildman–Crippen LogP) is 2.99. The number of imide groups is 1. The summed E-state index contributed by atoms with van der Waals surface area (Å²) in [4.78, 5) is 38.5. The van der Waals surface area contributed by atoms with Gasteiger partial charge < -0.3 is 20.1 Å². The van der Waals surface area contributed by atoms with Crippen molar-refractivity contribution in [1.29, 1.82) is 0 Å². The summed E-state index contributed by atoms with van der Waals surface area (Å²) in [6.45, 7) is 1.09. The fraction of sp³-hybridized carbons (Fsp3) is 0.286. The summed E-state index contributed by atoms with van der Waals surface area (Å²) in [7, 11) is 3.02. The average Bonchev–Trinajstić information content (AvgIpc) is 2.93. The van der Waals surface area contributed by atoms with Crippen LogP contribution in [0.4, 0.5) is 14.9 Å². The molecule has 2 aromatic rings. The molecule has 164 valence electrons. The third kappa shape index (κ3) is 4.72. The zero-order chi connectivity index (χ0) is 22.8. The molecule has 10 heteroatoms. The van der Waals surface area contributed by atoms with Crippen LogP contribution in [0.1, 0.15) is 12.5 Å². The molecular formula is C21H21ClFN3O5. The number of hydrogen-bond donors (Lipinski definition) is 2. The Morgan fingerprint density at radius 2 is 1.87 bits per heavy atom. The van der Waals surface area contributed by atoms with E-state index < -0.39 is 35.7 Å². The molecule has 1 atom stereocenters. The molecule has 1 fully saturated rings. The van der Waals surface area contributed by atoms with Crippen LogP contribution in [0, 0.1) is 5.82 Å². The lowest BCUT2D eigenvalue weighted by atomic mass is 9.92. The standard InChI is InChI=1S/C21H21ClFN3O5/c1-21(10-12-4-7-16(30-2)17(8-12)31-3)19(28)26(20(29)25-21)11-18(27)24-13-5-6-15(23)14(22)9-13/h4-9H,10-11H2,1-3H3,(H,24,27)(H,25,29)/t21-/m0/s1. The maximum atomic E-state index is 13.3. The van der Waals surface area contributed by atoms with Crippen LogP contribution in [0.25, 0.3) is 0 Å². The van der Waals surface area contributed by atoms with Crippen molar-refractivity contribution in [2.75, 3.05) is 26.1 Å². The number of halogens is 2. The Labute approximate surface area is 183 Å². The maximum absolute atomic E-state index is 13.3. The number of carbonyl (C=O) groups is 3. The summed E-state index contributed by atoms with van der Waals surface area (Å²) in [6, 6.07) is 8.18. The second-order valence-corrected chi connectivity index (χ2v) is 7.60. The van der Waals surface area contributed by atoms with Crippen molar-refractivity contribution >= 4 is 35.1 Å². The molecule has 0 aromatic heterocycles. The summed E-state index contributed by atoms with van der Waals surface area (Å²) in [6.07, 6.45) is 0.184. The molecule has 8 nitrogen and oxygen atoms in total. The van der Waals surface area contributed by atoms with Gasteiger partial charge in [-0.15, -0.1) is 0 Å². The van der Waals surface area contributed by atoms with E-state index in [9.17, 15) is 18.8 Å². The lowest BCUT2D eigenvalue weighted by molar-refractivity contribution is -0.133. The number of amides is 4. The van der Waals surface area contributed by atoms with Crippen molar-refractivity contribution in [3.8, 4) is 11.5 Å². The third-order valence-electron chi connectivity index (χ3n) is 4.86. The van der Waals surface area contributed by atoms with Crippen LogP contribution in [0.5, 0.6) is 11.5 Å². The summed E-state index contributed by atoms with van der Waals surface area (Å²) in [5.41, 5.74) is -0.256. The first-order valence-corrected chi connectivity index (χ1v) is 9.64. The zero-order valence-corrected chi connectivity index (χ0v) is 17.9. The van der Waals surface area contributed by atoms with E-state index in [0.29, 0.717) is 11.5 Å². The van der Waals surface area contributed by atoms with Gasteiger partial charge in [-0.05, 0) is 42.8 Å². The van der Waals surface area contributed by atoms with E-state index >= 15 is 0 Å². The number of nitrogens with one attached hydrogen (secondary N) is 2. The first kappa shape index (κ1) is 22.4. The van der Waals surface area contributed by atoms with Gasteiger partial charge in [-0.25, -0.2) is 9.18 Å². The summed E-state index contributed by atoms with van der Waals surface area (Å²) >= 11 is 5.70. The third-order valence-corrected chi connectivity index (χ3v) is 5.15. The van der Waals surface area contributed by atoms with Gasteiger partial charge in [0.25, 0.3) is 5.91 Å². The van der Waals surface area contributed by atoms with Crippen LogP contribution in [0.15, 0.2) is 36.4 Å². The van der Waals surface area contributed by atoms with Crippen molar-refractivity contribution in [3.05, 3.63) is 52.8 Å². The predicted molar refractivity (Wildman–Crippen MR) is 112 cm³/mol. The highest BCUT2D eigenvalue weighted by Gasteiger charge is 2.48. The molecule has 31 heavy (non-hydrogen) atoms. The number of urea groups is 1. The molecule has 3 rings (SSSR count). The molecule has 1 aliphatic heterocycles. The van der Waals surface area contributed by atoms with Gasteiger partial charge in [0.15, 0.2) is 11.5 Å². The first-order chi connectivity index (χ1) is 14.7. The minimum atomic E-state index is -1.24. The molecular weight excluding hydrogens is 429 g/mol. The van der Waals surface area contributed by atoms with Crippen molar-refractivity contribution < 1.29 is 28.2 Å². The van der Waals surface area contributed by atoms with Crippen molar-refractivity contribution in [2.24, 2.45) is 0 Å². The lowest BCUT2D eigenvalue weighted by Gasteiger charge is -2.22. The molecule has 0 unspecified atom stereocenters. The van der Waals surface area contributed by atoms with Gasteiger partial charge in [-0.1, -0.05) is 17.7 Å². The normalized spacial score (nSPS) is 18.0. The number of ether oxygens (including phenoxy) is 2. The number of benzene rings is 2. The highest BCUT2D eigenvalue weighted by Crippen LogP contribution is 2.30. The van der Waals surface area contributed by atoms with Crippen LogP contribution in [-0.2, 0) is 16.0 Å². The molecule has 0 aliphatic carbocycles. The fourth-order valence-corrected chi connectivity index (χ4v) is 3.51. The Bertz CT molecular complexity index is 1050. The SMILES string of the molecule is COc1ccc(C[C@]2(C)NC(=O)N(CC(=O)Nc3ccc(F)c(Cl)c3)C2=O)cc1OC. The van der Waals surface area contributed by atoms with Gasteiger partial charge in [0, 0.05) is 12.1 Å². The maximum Gasteiger partial charge on any atom is 0.325 e. The monoisotopic (exact) mass is 449 g/mol. The van der Waals surface area contributed by atoms with E-state index in [1.807, 2.05) is 0 Å². The van der Waals surface area contributed by atoms with E-state index in [0.717, 1.165) is 16.5 Å². The molecule has 0 saturated carbocycles. The minimum Gasteiger partial charge on any atom is -0.493 e. The van der Waals surface area contributed by atoms with E-state index in [1.165, 1.54) is 26.4 Å². The Morgan fingerprint density at radius 1 is 1.16 bits per heavy atom. The highest BCUT2D eigenvalue weighted by molar-refractivity contribution is 6.31. The number of rotatable bonds is 7. The Morgan fingerprint density at radius 3 is 2.52 bits per heavy atom. The van der Waals surface area contributed by atoms with Crippen molar-refractivity contribution in [2.45, 2.75) is 18.9 Å². The first-order valence-electron chi connectivity index (χ1n) is 9.27. The molecule has 2 aromatic carbocycles. The molecule has 0 radical (unpaired) electrons. The molecule has 1 aliphatic rings. The van der Waals surface area contributed by atoms with Crippen molar-refractivity contribution in [3.63, 3.8) is 0 Å². The number of carbonyl (C=O) groups excluding carboxylic acids is 3. The summed E-state index contributed by atoms with van der Waals surface area (Å²) < 4.78 is 23.7. The Kier molecular flexibility index (Phi) is 6.35. The molecule has 4 amide bonds. The summed E-state index contributed by atoms with van der Waals surface area (Å²) in [5, 5.41) is 4.98. The van der Waals surface area contributed by atoms with Gasteiger partial charge in [-0.3, -0.25) is 14.5 Å². The van der Waals surface area contributed by atoms with E-state index in [4.69, 9.17) is 21.1 Å². The fourth-order valence-electron chi connectivity index (χ4n) is 3.33. The summed E-state index contributed by atoms with van der Waals surface area (Å²) in [5.74, 6) is -0.757. The minimum absolute atomic E-state index is 0.157. The van der Waals surface area contributed by atoms with Gasteiger partial charge in [0.05, 0.1) is 19.2 Å². The van der Waals surface area contributed by atoms with Crippen LogP contribution in [-0.4, -0.2) is 49.0 Å². The molecule has 1 saturated heterocycles. The van der Waals surface area contributed by atoms with Crippen LogP contribution >= 0.6 is 11.6 Å². The second-order valence-electron chi connectivity index (χ2n) is 7.20. The van der Waals surface area contributed by atoms with Gasteiger partial charge in [0.1, 0.15) is 17.9 Å². The van der Waals surface area contributed by atoms with Gasteiger partial charge in [-0.2, -0.15) is 0 Å². The van der Waals surface area contributed by atoms with E-state index in [2.05, 4.69) is 10.6 Å². The second kappa shape index (κ2) is 8.81. The van der Waals surface area contributed by atoms with E-state index in [-0.39, 0.29) is 17.1 Å². The quantitative estimate of drug-likeness (QED) is 0.633. The van der Waals surface area contributed by atoms with Gasteiger partial charge >= 0.3 is 6.03 Å². The number of nitrogens with zero attached hydrogens (tertiary/aromatic N) is 1. The molecule has 1 heterocycles. The molecule has 2 N–H and O–H groups in total. The highest BCUT2D eigenvalue weighted by atomic mass is 35.5. The molecule has 0 spiro atoms. The number of hydrogen-bond acceptors (Lipinski definition) is 5. The van der Waals surface area contributed by atoms with Gasteiger partial charge in [0.2, 0.25) is 5.91 Å². The number of methoxy groups -OCH3 is 2. The van der Waals surface area contributed by atoms with Crippen molar-refractivity contribution in [1.82, 2.24) is 10.2 Å². The lowest BCUT2D eigenvalue weighted by Crippen LogP contribution is -2.46. The van der Waals surface area contributed by atoms with Crippen LogP contribution < -0.4 is 20.1 Å². The molecule has 0 bridgehead atoms. The van der Waals surface area contributed by atoms with Crippen LogP contribution in [0.3, 0.4) is 0 Å². The number of anilines is 1. The topological polar surface area (TPSA) is 97.0 Å². The Hall–Kier alpha value is -3.33. The zero-order valence-electron chi connectivity index (χ0n) is 17.1.